The lowest BCUT2D eigenvalue weighted by Crippen LogP contribution is -2.54. The molecule has 138 valence electrons. The van der Waals surface area contributed by atoms with Gasteiger partial charge in [-0.2, -0.15) is 0 Å². The van der Waals surface area contributed by atoms with Crippen molar-refractivity contribution in [3.8, 4) is 0 Å². The number of hydrogen-bond donors (Lipinski definition) is 0. The fourth-order valence-electron chi connectivity index (χ4n) is 4.66. The van der Waals surface area contributed by atoms with Gasteiger partial charge in [-0.1, -0.05) is 60.7 Å². The SMILES string of the molecule is COC(=O)[C@]12CC[C@H](C[C@H]1/C=C/c1ccccc1)N2C(=O)c1ccccc1. The first-order valence-corrected chi connectivity index (χ1v) is 9.37. The maximum atomic E-state index is 13.2. The van der Waals surface area contributed by atoms with Gasteiger partial charge in [-0.15, -0.1) is 0 Å². The molecule has 4 heteroatoms. The van der Waals surface area contributed by atoms with Crippen molar-refractivity contribution in [3.63, 3.8) is 0 Å². The number of methoxy groups -OCH3 is 1. The van der Waals surface area contributed by atoms with Gasteiger partial charge in [0.15, 0.2) is 0 Å². The Balaban J connectivity index is 1.70. The molecule has 0 saturated carbocycles. The topological polar surface area (TPSA) is 46.6 Å². The first kappa shape index (κ1) is 17.5. The van der Waals surface area contributed by atoms with Crippen LogP contribution in [0, 0.1) is 5.92 Å². The van der Waals surface area contributed by atoms with Crippen molar-refractivity contribution in [2.24, 2.45) is 5.92 Å². The highest BCUT2D eigenvalue weighted by Crippen LogP contribution is 2.52. The van der Waals surface area contributed by atoms with E-state index in [9.17, 15) is 9.59 Å². The molecule has 0 aliphatic carbocycles. The smallest absolute Gasteiger partial charge is 0.332 e. The standard InChI is InChI=1S/C23H23NO3/c1-27-22(26)23-15-14-20(24(23)21(25)18-10-6-3-7-11-18)16-19(23)13-12-17-8-4-2-5-9-17/h2-13,19-20H,14-16H2,1H3/b13-12+/t19-,20-,23+/m1/s1. The van der Waals surface area contributed by atoms with Crippen LogP contribution < -0.4 is 0 Å². The van der Waals surface area contributed by atoms with Gasteiger partial charge >= 0.3 is 5.97 Å². The number of carbonyl (C=O) groups is 2. The van der Waals surface area contributed by atoms with Crippen LogP contribution in [0.2, 0.25) is 0 Å². The fourth-order valence-corrected chi connectivity index (χ4v) is 4.66. The summed E-state index contributed by atoms with van der Waals surface area (Å²) in [7, 11) is 1.41. The summed E-state index contributed by atoms with van der Waals surface area (Å²) in [6, 6.07) is 19.3. The Bertz CT molecular complexity index is 862. The van der Waals surface area contributed by atoms with Crippen molar-refractivity contribution in [2.45, 2.75) is 30.8 Å². The van der Waals surface area contributed by atoms with Gasteiger partial charge in [0.2, 0.25) is 0 Å². The van der Waals surface area contributed by atoms with Crippen LogP contribution in [0.3, 0.4) is 0 Å². The molecule has 2 heterocycles. The zero-order valence-electron chi connectivity index (χ0n) is 15.4. The van der Waals surface area contributed by atoms with Crippen LogP contribution in [0.15, 0.2) is 66.7 Å². The highest BCUT2D eigenvalue weighted by molar-refractivity contribution is 5.99. The predicted octanol–water partition coefficient (Wildman–Crippen LogP) is 3.94. The molecular formula is C23H23NO3. The Morgan fingerprint density at radius 1 is 1.07 bits per heavy atom. The monoisotopic (exact) mass is 361 g/mol. The molecule has 27 heavy (non-hydrogen) atoms. The van der Waals surface area contributed by atoms with E-state index >= 15 is 0 Å². The molecule has 0 aromatic heterocycles. The average molecular weight is 361 g/mol. The van der Waals surface area contributed by atoms with Crippen molar-refractivity contribution in [3.05, 3.63) is 77.9 Å². The van der Waals surface area contributed by atoms with E-state index in [1.807, 2.05) is 54.6 Å². The summed E-state index contributed by atoms with van der Waals surface area (Å²) in [6.07, 6.45) is 6.39. The van der Waals surface area contributed by atoms with Crippen molar-refractivity contribution in [1.82, 2.24) is 4.90 Å². The van der Waals surface area contributed by atoms with E-state index in [0.717, 1.165) is 18.4 Å². The number of carbonyl (C=O) groups excluding carboxylic acids is 2. The number of rotatable bonds is 4. The largest absolute Gasteiger partial charge is 0.467 e. The maximum Gasteiger partial charge on any atom is 0.332 e. The maximum absolute atomic E-state index is 13.2. The summed E-state index contributed by atoms with van der Waals surface area (Å²) in [5.41, 5.74) is 0.795. The number of nitrogens with zero attached hydrogens (tertiary/aromatic N) is 1. The van der Waals surface area contributed by atoms with Crippen molar-refractivity contribution in [2.75, 3.05) is 7.11 Å². The van der Waals surface area contributed by atoms with Gasteiger partial charge in [0.05, 0.1) is 7.11 Å². The molecule has 0 spiro atoms. The van der Waals surface area contributed by atoms with Crippen molar-refractivity contribution >= 4 is 18.0 Å². The summed E-state index contributed by atoms with van der Waals surface area (Å²) in [5.74, 6) is -0.440. The molecule has 0 radical (unpaired) electrons. The van der Waals surface area contributed by atoms with Gasteiger partial charge in [0, 0.05) is 17.5 Å². The van der Waals surface area contributed by atoms with Gasteiger partial charge in [-0.25, -0.2) is 4.79 Å². The van der Waals surface area contributed by atoms with Crippen LogP contribution in [0.5, 0.6) is 0 Å². The Morgan fingerprint density at radius 2 is 1.74 bits per heavy atom. The molecule has 4 rings (SSSR count). The zero-order valence-corrected chi connectivity index (χ0v) is 15.4. The zero-order chi connectivity index (χ0) is 18.9. The third-order valence-corrected chi connectivity index (χ3v) is 5.89. The minimum absolute atomic E-state index is 0.0448. The van der Waals surface area contributed by atoms with E-state index in [-0.39, 0.29) is 23.8 Å². The summed E-state index contributed by atoms with van der Waals surface area (Å²) < 4.78 is 5.19. The van der Waals surface area contributed by atoms with E-state index in [1.54, 1.807) is 17.0 Å². The third kappa shape index (κ3) is 2.85. The lowest BCUT2D eigenvalue weighted by atomic mass is 9.77. The molecule has 1 amide bonds. The van der Waals surface area contributed by atoms with Gasteiger partial charge in [0.1, 0.15) is 5.54 Å². The predicted molar refractivity (Wildman–Crippen MR) is 104 cm³/mol. The van der Waals surface area contributed by atoms with Crippen LogP contribution in [0.4, 0.5) is 0 Å². The minimum Gasteiger partial charge on any atom is -0.467 e. The second-order valence-corrected chi connectivity index (χ2v) is 7.26. The van der Waals surface area contributed by atoms with Crippen LogP contribution in [0.1, 0.15) is 35.2 Å². The minimum atomic E-state index is -0.905. The fraction of sp³-hybridized carbons (Fsp3) is 0.304. The van der Waals surface area contributed by atoms with Gasteiger partial charge < -0.3 is 9.64 Å². The summed E-state index contributed by atoms with van der Waals surface area (Å²) in [6.45, 7) is 0. The molecule has 2 bridgehead atoms. The molecule has 2 aromatic rings. The Morgan fingerprint density at radius 3 is 2.41 bits per heavy atom. The lowest BCUT2D eigenvalue weighted by molar-refractivity contribution is -0.152. The molecular weight excluding hydrogens is 338 g/mol. The van der Waals surface area contributed by atoms with Gasteiger partial charge in [0.25, 0.3) is 5.91 Å². The van der Waals surface area contributed by atoms with E-state index < -0.39 is 5.54 Å². The summed E-state index contributed by atoms with van der Waals surface area (Å²) in [4.78, 5) is 28.0. The van der Waals surface area contributed by atoms with Crippen LogP contribution >= 0.6 is 0 Å². The Hall–Kier alpha value is -2.88. The van der Waals surface area contributed by atoms with Crippen molar-refractivity contribution in [1.29, 1.82) is 0 Å². The Kier molecular flexibility index (Phi) is 4.56. The molecule has 4 nitrogen and oxygen atoms in total. The number of amides is 1. The molecule has 2 saturated heterocycles. The molecule has 2 fully saturated rings. The number of ether oxygens (including phenoxy) is 1. The van der Waals surface area contributed by atoms with E-state index in [2.05, 4.69) is 6.08 Å². The second-order valence-electron chi connectivity index (χ2n) is 7.26. The van der Waals surface area contributed by atoms with Crippen LogP contribution in [-0.4, -0.2) is 35.5 Å². The normalized spacial score (nSPS) is 26.5. The number of esters is 1. The first-order valence-electron chi connectivity index (χ1n) is 9.37. The number of hydrogen-bond acceptors (Lipinski definition) is 3. The quantitative estimate of drug-likeness (QED) is 0.775. The number of fused-ring (bicyclic) bond motifs is 2. The average Bonchev–Trinajstić information content (AvgIpc) is 3.26. The van der Waals surface area contributed by atoms with E-state index in [1.165, 1.54) is 7.11 Å². The van der Waals surface area contributed by atoms with Gasteiger partial charge in [-0.05, 0) is 37.0 Å². The lowest BCUT2D eigenvalue weighted by Gasteiger charge is -2.35. The Labute approximate surface area is 159 Å². The highest BCUT2D eigenvalue weighted by atomic mass is 16.5. The molecule has 2 aromatic carbocycles. The second kappa shape index (κ2) is 7.03. The molecule has 3 atom stereocenters. The first-order chi connectivity index (χ1) is 13.2. The molecule has 0 unspecified atom stereocenters. The van der Waals surface area contributed by atoms with E-state index in [0.29, 0.717) is 12.0 Å². The molecule has 0 N–H and O–H groups in total. The third-order valence-electron chi connectivity index (χ3n) is 5.89. The summed E-state index contributed by atoms with van der Waals surface area (Å²) >= 11 is 0. The van der Waals surface area contributed by atoms with Crippen molar-refractivity contribution < 1.29 is 14.3 Å². The van der Waals surface area contributed by atoms with E-state index in [4.69, 9.17) is 4.74 Å². The molecule has 2 aliphatic heterocycles. The summed E-state index contributed by atoms with van der Waals surface area (Å²) in [5, 5.41) is 0. The van der Waals surface area contributed by atoms with Crippen LogP contribution in [-0.2, 0) is 9.53 Å². The van der Waals surface area contributed by atoms with Crippen LogP contribution in [0.25, 0.3) is 6.08 Å². The highest BCUT2D eigenvalue weighted by Gasteiger charge is 2.64. The number of benzene rings is 2. The molecule has 2 aliphatic rings. The van der Waals surface area contributed by atoms with Gasteiger partial charge in [-0.3, -0.25) is 4.79 Å².